The fourth-order valence-corrected chi connectivity index (χ4v) is 3.74. The van der Waals surface area contributed by atoms with Gasteiger partial charge < -0.3 is 9.32 Å². The van der Waals surface area contributed by atoms with Crippen LogP contribution in [0.5, 0.6) is 0 Å². The van der Waals surface area contributed by atoms with Gasteiger partial charge in [0.15, 0.2) is 0 Å². The van der Waals surface area contributed by atoms with Crippen LogP contribution in [0.3, 0.4) is 0 Å². The molecule has 0 spiro atoms. The maximum Gasteiger partial charge on any atom is 0.453 e. The number of fused-ring (bicyclic) bond motifs is 1. The van der Waals surface area contributed by atoms with E-state index in [2.05, 4.69) is 26.9 Å². The summed E-state index contributed by atoms with van der Waals surface area (Å²) in [7, 11) is 0. The van der Waals surface area contributed by atoms with E-state index in [9.17, 15) is 13.2 Å². The molecule has 4 heterocycles. The number of nitrogens with zero attached hydrogens (tertiary/aromatic N) is 5. The predicted molar refractivity (Wildman–Crippen MR) is 97.1 cm³/mol. The van der Waals surface area contributed by atoms with Crippen molar-refractivity contribution in [2.75, 3.05) is 11.4 Å². The van der Waals surface area contributed by atoms with Gasteiger partial charge in [0.2, 0.25) is 0 Å². The molecule has 1 aliphatic rings. The first-order chi connectivity index (χ1) is 13.3. The lowest BCUT2D eigenvalue weighted by molar-refractivity contribution is -0.144. The summed E-state index contributed by atoms with van der Waals surface area (Å²) in [6.45, 7) is 6.63. The summed E-state index contributed by atoms with van der Waals surface area (Å²) in [6, 6.07) is 5.60. The van der Waals surface area contributed by atoms with Crippen LogP contribution in [0.1, 0.15) is 55.8 Å². The summed E-state index contributed by atoms with van der Waals surface area (Å²) < 4.78 is 46.6. The topological polar surface area (TPSA) is 59.5 Å². The van der Waals surface area contributed by atoms with E-state index in [1.807, 2.05) is 19.1 Å². The minimum absolute atomic E-state index is 0.0478. The number of hydrogen-bond acceptors (Lipinski definition) is 5. The van der Waals surface area contributed by atoms with Crippen LogP contribution >= 0.6 is 0 Å². The van der Waals surface area contributed by atoms with Crippen LogP contribution in [0.25, 0.3) is 5.78 Å². The molecular formula is C19H22F3N5O. The summed E-state index contributed by atoms with van der Waals surface area (Å²) in [5.41, 5.74) is 0.592. The Balaban J connectivity index is 1.82. The average molecular weight is 393 g/mol. The third kappa shape index (κ3) is 3.33. The number of alkyl halides is 3. The molecular weight excluding hydrogens is 371 g/mol. The second-order valence-corrected chi connectivity index (χ2v) is 7.40. The van der Waals surface area contributed by atoms with Crippen LogP contribution in [0.2, 0.25) is 0 Å². The van der Waals surface area contributed by atoms with Crippen molar-refractivity contribution in [3.8, 4) is 0 Å². The van der Waals surface area contributed by atoms with E-state index >= 15 is 0 Å². The molecule has 0 radical (unpaired) electrons. The molecule has 9 heteroatoms. The number of aromatic nitrogens is 4. The van der Waals surface area contributed by atoms with Crippen LogP contribution < -0.4 is 4.90 Å². The van der Waals surface area contributed by atoms with Crippen molar-refractivity contribution in [2.24, 2.45) is 5.92 Å². The Morgan fingerprint density at radius 2 is 2.04 bits per heavy atom. The molecule has 0 unspecified atom stereocenters. The maximum absolute atomic E-state index is 13.1. The number of furan rings is 1. The Morgan fingerprint density at radius 1 is 1.25 bits per heavy atom. The zero-order valence-corrected chi connectivity index (χ0v) is 16.0. The minimum Gasteiger partial charge on any atom is -0.464 e. The van der Waals surface area contributed by atoms with Crippen LogP contribution in [-0.4, -0.2) is 26.1 Å². The molecule has 1 fully saturated rings. The third-order valence-corrected chi connectivity index (χ3v) is 5.19. The van der Waals surface area contributed by atoms with E-state index in [1.165, 1.54) is 4.52 Å². The van der Waals surface area contributed by atoms with Gasteiger partial charge in [-0.2, -0.15) is 22.7 Å². The van der Waals surface area contributed by atoms with E-state index < -0.39 is 12.0 Å². The van der Waals surface area contributed by atoms with Gasteiger partial charge in [-0.3, -0.25) is 0 Å². The highest BCUT2D eigenvalue weighted by Gasteiger charge is 2.38. The molecule has 0 N–H and O–H groups in total. The van der Waals surface area contributed by atoms with Crippen molar-refractivity contribution >= 4 is 11.6 Å². The zero-order chi connectivity index (χ0) is 20.1. The van der Waals surface area contributed by atoms with Crippen molar-refractivity contribution < 1.29 is 17.6 Å². The molecule has 3 aromatic rings. The number of piperidine rings is 1. The SMILES string of the molecule is CCc1ccc([C@@H]2C[C@@H](C)CCN2c2cc(C)nc3nc(C(F)(F)F)nn23)o1. The highest BCUT2D eigenvalue weighted by molar-refractivity contribution is 5.50. The van der Waals surface area contributed by atoms with E-state index in [1.54, 1.807) is 13.0 Å². The Kier molecular flexibility index (Phi) is 4.55. The highest BCUT2D eigenvalue weighted by atomic mass is 19.4. The largest absolute Gasteiger partial charge is 0.464 e. The van der Waals surface area contributed by atoms with Crippen LogP contribution in [0.15, 0.2) is 22.6 Å². The number of hydrogen-bond donors (Lipinski definition) is 0. The lowest BCUT2D eigenvalue weighted by atomic mass is 9.91. The fourth-order valence-electron chi connectivity index (χ4n) is 3.74. The van der Waals surface area contributed by atoms with E-state index in [4.69, 9.17) is 4.42 Å². The average Bonchev–Trinajstić information content (AvgIpc) is 3.27. The summed E-state index contributed by atoms with van der Waals surface area (Å²) in [4.78, 5) is 9.80. The molecule has 1 saturated heterocycles. The summed E-state index contributed by atoms with van der Waals surface area (Å²) in [5, 5.41) is 3.71. The van der Waals surface area contributed by atoms with Crippen molar-refractivity contribution in [1.82, 2.24) is 19.6 Å². The summed E-state index contributed by atoms with van der Waals surface area (Å²) in [5.74, 6) is 1.52. The van der Waals surface area contributed by atoms with Crippen LogP contribution in [0.4, 0.5) is 19.0 Å². The van der Waals surface area contributed by atoms with Gasteiger partial charge in [0.05, 0.1) is 6.04 Å². The highest BCUT2D eigenvalue weighted by Crippen LogP contribution is 2.38. The second-order valence-electron chi connectivity index (χ2n) is 7.40. The normalized spacial score (nSPS) is 20.9. The zero-order valence-electron chi connectivity index (χ0n) is 16.0. The fraction of sp³-hybridized carbons (Fsp3) is 0.526. The molecule has 0 aromatic carbocycles. The van der Waals surface area contributed by atoms with E-state index in [0.29, 0.717) is 24.0 Å². The third-order valence-electron chi connectivity index (χ3n) is 5.19. The smallest absolute Gasteiger partial charge is 0.453 e. The van der Waals surface area contributed by atoms with E-state index in [0.717, 1.165) is 30.8 Å². The Morgan fingerprint density at radius 3 is 2.71 bits per heavy atom. The van der Waals surface area contributed by atoms with Crippen molar-refractivity contribution in [1.29, 1.82) is 0 Å². The first-order valence-corrected chi connectivity index (χ1v) is 9.43. The standard InChI is InChI=1S/C19H22F3N5O/c1-4-13-5-6-15(28-13)14-9-11(2)7-8-26(14)16-10-12(3)23-18-24-17(19(20,21)22)25-27(16)18/h5-6,10-11,14H,4,7-9H2,1-3H3/t11-,14-/m0/s1. The molecule has 0 saturated carbocycles. The minimum atomic E-state index is -4.62. The number of rotatable bonds is 3. The quantitative estimate of drug-likeness (QED) is 0.652. The van der Waals surface area contributed by atoms with Gasteiger partial charge in [-0.05, 0) is 37.8 Å². The Labute approximate surface area is 160 Å². The van der Waals surface area contributed by atoms with Gasteiger partial charge in [-0.15, -0.1) is 5.10 Å². The first-order valence-electron chi connectivity index (χ1n) is 9.43. The molecule has 0 bridgehead atoms. The van der Waals surface area contributed by atoms with Gasteiger partial charge in [-0.25, -0.2) is 4.98 Å². The molecule has 3 aromatic heterocycles. The Bertz CT molecular complexity index is 993. The van der Waals surface area contributed by atoms with Gasteiger partial charge >= 0.3 is 6.18 Å². The number of anilines is 1. The van der Waals surface area contributed by atoms with Gasteiger partial charge in [0, 0.05) is 24.7 Å². The van der Waals surface area contributed by atoms with Gasteiger partial charge in [0.25, 0.3) is 11.6 Å². The molecule has 150 valence electrons. The van der Waals surface area contributed by atoms with Crippen molar-refractivity contribution in [3.05, 3.63) is 41.2 Å². The van der Waals surface area contributed by atoms with Crippen LogP contribution in [-0.2, 0) is 12.6 Å². The lowest BCUT2D eigenvalue weighted by Gasteiger charge is -2.38. The monoisotopic (exact) mass is 393 g/mol. The summed E-state index contributed by atoms with van der Waals surface area (Å²) in [6.07, 6.45) is -2.05. The molecule has 0 aliphatic carbocycles. The summed E-state index contributed by atoms with van der Waals surface area (Å²) >= 11 is 0. The van der Waals surface area contributed by atoms with E-state index in [-0.39, 0.29) is 11.8 Å². The Hall–Kier alpha value is -2.58. The molecule has 1 aliphatic heterocycles. The van der Waals surface area contributed by atoms with Crippen LogP contribution in [0, 0.1) is 12.8 Å². The molecule has 28 heavy (non-hydrogen) atoms. The maximum atomic E-state index is 13.1. The molecule has 4 rings (SSSR count). The van der Waals surface area contributed by atoms with Gasteiger partial charge in [0.1, 0.15) is 17.3 Å². The first kappa shape index (κ1) is 18.8. The van der Waals surface area contributed by atoms with Crippen molar-refractivity contribution in [2.45, 2.75) is 52.3 Å². The molecule has 2 atom stereocenters. The lowest BCUT2D eigenvalue weighted by Crippen LogP contribution is -2.37. The number of aryl methyl sites for hydroxylation is 2. The van der Waals surface area contributed by atoms with Gasteiger partial charge in [-0.1, -0.05) is 13.8 Å². The molecule has 6 nitrogen and oxygen atoms in total. The second kappa shape index (κ2) is 6.79. The number of halogens is 3. The van der Waals surface area contributed by atoms with Crippen molar-refractivity contribution in [3.63, 3.8) is 0 Å². The predicted octanol–water partition coefficient (Wildman–Crippen LogP) is 4.58. The molecule has 0 amide bonds.